The normalized spacial score (nSPS) is 10.4. The Morgan fingerprint density at radius 2 is 1.14 bits per heavy atom. The van der Waals surface area contributed by atoms with E-state index in [-0.39, 0.29) is 0 Å². The third kappa shape index (κ3) is 2.77. The van der Waals surface area contributed by atoms with Gasteiger partial charge >= 0.3 is 0 Å². The molecule has 0 radical (unpaired) electrons. The molecule has 0 fully saturated rings. The van der Waals surface area contributed by atoms with E-state index in [0.29, 0.717) is 5.69 Å². The average molecular weight is 281 g/mol. The molecule has 0 bridgehead atoms. The van der Waals surface area contributed by atoms with E-state index in [4.69, 9.17) is 0 Å². The monoisotopic (exact) mass is 281 g/mol. The topological polar surface area (TPSA) is 3.24 Å². The van der Waals surface area contributed by atoms with Gasteiger partial charge in [0.15, 0.2) is 0 Å². The van der Waals surface area contributed by atoms with Crippen molar-refractivity contribution in [3.8, 4) is 0 Å². The number of hydrogen-bond donors (Lipinski definition) is 0. The minimum Gasteiger partial charge on any atom is -0.308 e. The molecule has 3 rings (SSSR count). The Hall–Kier alpha value is -2.68. The summed E-state index contributed by atoms with van der Waals surface area (Å²) in [7, 11) is 0. The van der Waals surface area contributed by atoms with Crippen molar-refractivity contribution in [2.75, 3.05) is 4.90 Å². The van der Waals surface area contributed by atoms with Gasteiger partial charge in [-0.25, -0.2) is 8.78 Å². The molecule has 0 aliphatic rings. The first-order valence-electron chi connectivity index (χ1n) is 6.61. The summed E-state index contributed by atoms with van der Waals surface area (Å²) in [6.45, 7) is 0. The molecule has 0 spiro atoms. The fourth-order valence-corrected chi connectivity index (χ4v) is 2.24. The van der Waals surface area contributed by atoms with Crippen molar-refractivity contribution in [2.45, 2.75) is 0 Å². The predicted molar refractivity (Wildman–Crippen MR) is 81.0 cm³/mol. The molecule has 0 amide bonds. The second-order valence-electron chi connectivity index (χ2n) is 4.60. The average Bonchev–Trinajstić information content (AvgIpc) is 2.52. The molecule has 21 heavy (non-hydrogen) atoms. The van der Waals surface area contributed by atoms with Gasteiger partial charge in [0, 0.05) is 17.4 Å². The summed E-state index contributed by atoms with van der Waals surface area (Å²) in [5, 5.41) is 0. The molecule has 0 aliphatic heterocycles. The van der Waals surface area contributed by atoms with Crippen molar-refractivity contribution in [2.24, 2.45) is 0 Å². The van der Waals surface area contributed by atoms with Gasteiger partial charge in [-0.05, 0) is 36.4 Å². The molecule has 0 heterocycles. The van der Waals surface area contributed by atoms with Crippen molar-refractivity contribution in [3.05, 3.63) is 90.5 Å². The second-order valence-corrected chi connectivity index (χ2v) is 4.60. The Kier molecular flexibility index (Phi) is 3.65. The molecular formula is C18H13F2N. The highest BCUT2D eigenvalue weighted by molar-refractivity contribution is 5.76. The first kappa shape index (κ1) is 13.3. The molecular weight excluding hydrogens is 268 g/mol. The van der Waals surface area contributed by atoms with Gasteiger partial charge in [0.2, 0.25) is 0 Å². The van der Waals surface area contributed by atoms with Crippen LogP contribution in [0.15, 0.2) is 78.9 Å². The van der Waals surface area contributed by atoms with E-state index >= 15 is 0 Å². The molecule has 104 valence electrons. The van der Waals surface area contributed by atoms with Crippen molar-refractivity contribution < 1.29 is 8.78 Å². The van der Waals surface area contributed by atoms with Gasteiger partial charge in [-0.1, -0.05) is 36.4 Å². The smallest absolute Gasteiger partial charge is 0.150 e. The van der Waals surface area contributed by atoms with Crippen LogP contribution in [0.4, 0.5) is 25.8 Å². The quantitative estimate of drug-likeness (QED) is 0.618. The number of para-hydroxylation sites is 2. The Labute approximate surface area is 122 Å². The third-order valence-corrected chi connectivity index (χ3v) is 3.18. The first-order valence-corrected chi connectivity index (χ1v) is 6.61. The van der Waals surface area contributed by atoms with Crippen LogP contribution in [0, 0.1) is 11.6 Å². The van der Waals surface area contributed by atoms with Gasteiger partial charge < -0.3 is 4.90 Å². The van der Waals surface area contributed by atoms with Crippen molar-refractivity contribution >= 4 is 17.1 Å². The van der Waals surface area contributed by atoms with Crippen molar-refractivity contribution in [1.82, 2.24) is 0 Å². The maximum Gasteiger partial charge on any atom is 0.150 e. The summed E-state index contributed by atoms with van der Waals surface area (Å²) in [5.74, 6) is -1.18. The van der Waals surface area contributed by atoms with Crippen LogP contribution in [0.3, 0.4) is 0 Å². The number of anilines is 3. The number of rotatable bonds is 3. The Morgan fingerprint density at radius 3 is 1.62 bits per heavy atom. The lowest BCUT2D eigenvalue weighted by molar-refractivity contribution is 0.584. The largest absolute Gasteiger partial charge is 0.308 e. The Bertz CT molecular complexity index is 687. The van der Waals surface area contributed by atoms with Crippen molar-refractivity contribution in [3.63, 3.8) is 0 Å². The van der Waals surface area contributed by atoms with Crippen LogP contribution in [0.25, 0.3) is 0 Å². The molecule has 0 N–H and O–H groups in total. The molecule has 0 saturated heterocycles. The molecule has 3 heteroatoms. The number of benzene rings is 3. The number of halogens is 2. The minimum absolute atomic E-state index is 0.314. The van der Waals surface area contributed by atoms with E-state index in [1.165, 1.54) is 12.1 Å². The summed E-state index contributed by atoms with van der Waals surface area (Å²) < 4.78 is 27.3. The van der Waals surface area contributed by atoms with Gasteiger partial charge in [-0.3, -0.25) is 0 Å². The number of nitrogens with zero attached hydrogens (tertiary/aromatic N) is 1. The lowest BCUT2D eigenvalue weighted by Gasteiger charge is -2.25. The van der Waals surface area contributed by atoms with Gasteiger partial charge in [-0.2, -0.15) is 0 Å². The van der Waals surface area contributed by atoms with Gasteiger partial charge in [-0.15, -0.1) is 0 Å². The zero-order chi connectivity index (χ0) is 14.7. The molecule has 0 saturated carbocycles. The SMILES string of the molecule is Fc1ccc(N(c2ccccc2)c2ccccc2)c(F)c1. The molecule has 0 unspecified atom stereocenters. The molecule has 3 aromatic carbocycles. The first-order chi connectivity index (χ1) is 10.3. The van der Waals surface area contributed by atoms with Crippen LogP contribution < -0.4 is 4.90 Å². The van der Waals surface area contributed by atoms with Crippen LogP contribution in [0.5, 0.6) is 0 Å². The molecule has 0 aliphatic carbocycles. The van der Waals surface area contributed by atoms with E-state index in [1.54, 1.807) is 4.90 Å². The highest BCUT2D eigenvalue weighted by Crippen LogP contribution is 2.35. The second kappa shape index (κ2) is 5.75. The zero-order valence-corrected chi connectivity index (χ0v) is 11.2. The van der Waals surface area contributed by atoms with E-state index in [0.717, 1.165) is 17.4 Å². The zero-order valence-electron chi connectivity index (χ0n) is 11.2. The van der Waals surface area contributed by atoms with E-state index in [1.807, 2.05) is 60.7 Å². The highest BCUT2D eigenvalue weighted by Gasteiger charge is 2.16. The maximum absolute atomic E-state index is 14.2. The van der Waals surface area contributed by atoms with E-state index in [2.05, 4.69) is 0 Å². The standard InChI is InChI=1S/C18H13F2N/c19-14-11-12-18(17(20)13-14)21(15-7-3-1-4-8-15)16-9-5-2-6-10-16/h1-13H. The fourth-order valence-electron chi connectivity index (χ4n) is 2.24. The Balaban J connectivity index is 2.17. The van der Waals surface area contributed by atoms with Crippen molar-refractivity contribution in [1.29, 1.82) is 0 Å². The van der Waals surface area contributed by atoms with E-state index < -0.39 is 11.6 Å². The fraction of sp³-hybridized carbons (Fsp3) is 0. The highest BCUT2D eigenvalue weighted by atomic mass is 19.1. The summed E-state index contributed by atoms with van der Waals surface area (Å²) in [4.78, 5) is 1.76. The van der Waals surface area contributed by atoms with Crippen LogP contribution >= 0.6 is 0 Å². The lowest BCUT2D eigenvalue weighted by atomic mass is 10.2. The third-order valence-electron chi connectivity index (χ3n) is 3.18. The van der Waals surface area contributed by atoms with Gasteiger partial charge in [0.1, 0.15) is 11.6 Å². The van der Waals surface area contributed by atoms with Crippen LogP contribution in [0.1, 0.15) is 0 Å². The van der Waals surface area contributed by atoms with Crippen LogP contribution in [-0.4, -0.2) is 0 Å². The minimum atomic E-state index is -0.595. The summed E-state index contributed by atoms with van der Waals surface area (Å²) in [6.07, 6.45) is 0. The summed E-state index contributed by atoms with van der Waals surface area (Å²) in [6, 6.07) is 22.5. The summed E-state index contributed by atoms with van der Waals surface area (Å²) >= 11 is 0. The summed E-state index contributed by atoms with van der Waals surface area (Å²) in [5.41, 5.74) is 1.94. The van der Waals surface area contributed by atoms with Gasteiger partial charge in [0.05, 0.1) is 5.69 Å². The number of hydrogen-bond acceptors (Lipinski definition) is 1. The lowest BCUT2D eigenvalue weighted by Crippen LogP contribution is -2.11. The predicted octanol–water partition coefficient (Wildman–Crippen LogP) is 5.43. The molecule has 3 aromatic rings. The van der Waals surface area contributed by atoms with Crippen LogP contribution in [-0.2, 0) is 0 Å². The van der Waals surface area contributed by atoms with Crippen LogP contribution in [0.2, 0.25) is 0 Å². The Morgan fingerprint density at radius 1 is 0.619 bits per heavy atom. The molecule has 0 atom stereocenters. The molecule has 1 nitrogen and oxygen atoms in total. The van der Waals surface area contributed by atoms with Gasteiger partial charge in [0.25, 0.3) is 0 Å². The molecule has 0 aromatic heterocycles. The van der Waals surface area contributed by atoms with E-state index in [9.17, 15) is 8.78 Å². The maximum atomic E-state index is 14.2.